The third kappa shape index (κ3) is 2.15. The van der Waals surface area contributed by atoms with Gasteiger partial charge in [0.1, 0.15) is 0 Å². The third-order valence-electron chi connectivity index (χ3n) is 2.94. The van der Waals surface area contributed by atoms with Gasteiger partial charge in [0, 0.05) is 0 Å². The van der Waals surface area contributed by atoms with Crippen LogP contribution in [0.5, 0.6) is 0 Å². The highest BCUT2D eigenvalue weighted by Crippen LogP contribution is 2.45. The lowest BCUT2D eigenvalue weighted by atomic mass is 9.88. The van der Waals surface area contributed by atoms with Crippen LogP contribution in [0.15, 0.2) is 0 Å². The van der Waals surface area contributed by atoms with Gasteiger partial charge in [-0.05, 0) is 13.8 Å². The number of hydrogen-bond acceptors (Lipinski definition) is 4. The SMILES string of the molecule is CCOC(=O)[C@@H]1OC(C)(C(F)(F)F)[C@H](C)C1=O. The van der Waals surface area contributed by atoms with E-state index in [2.05, 4.69) is 9.47 Å². The van der Waals surface area contributed by atoms with E-state index in [0.717, 1.165) is 13.8 Å². The number of ketones is 1. The molecular weight excluding hydrogens is 241 g/mol. The molecule has 0 aliphatic carbocycles. The van der Waals surface area contributed by atoms with Gasteiger partial charge in [0.2, 0.25) is 6.10 Å². The van der Waals surface area contributed by atoms with Crippen LogP contribution in [-0.2, 0) is 19.1 Å². The summed E-state index contributed by atoms with van der Waals surface area (Å²) in [5.74, 6) is -3.41. The Hall–Kier alpha value is -1.11. The molecule has 1 fully saturated rings. The summed E-state index contributed by atoms with van der Waals surface area (Å²) in [6, 6.07) is 0. The fourth-order valence-electron chi connectivity index (χ4n) is 1.60. The number of rotatable bonds is 2. The average Bonchev–Trinajstić information content (AvgIpc) is 2.43. The van der Waals surface area contributed by atoms with Gasteiger partial charge in [0.15, 0.2) is 11.4 Å². The van der Waals surface area contributed by atoms with Crippen molar-refractivity contribution in [2.24, 2.45) is 5.92 Å². The zero-order chi connectivity index (χ0) is 13.4. The number of carbonyl (C=O) groups excluding carboxylic acids is 2. The predicted molar refractivity (Wildman–Crippen MR) is 50.1 cm³/mol. The molecule has 1 saturated heterocycles. The number of ether oxygens (including phenoxy) is 2. The Kier molecular flexibility index (Phi) is 3.52. The van der Waals surface area contributed by atoms with E-state index in [1.165, 1.54) is 6.92 Å². The van der Waals surface area contributed by atoms with Crippen LogP contribution in [0.25, 0.3) is 0 Å². The monoisotopic (exact) mass is 254 g/mol. The van der Waals surface area contributed by atoms with Gasteiger partial charge in [-0.1, -0.05) is 6.92 Å². The number of carbonyl (C=O) groups is 2. The van der Waals surface area contributed by atoms with Crippen LogP contribution >= 0.6 is 0 Å². The lowest BCUT2D eigenvalue weighted by molar-refractivity contribution is -0.274. The number of Topliss-reactive ketones (excluding diaryl/α,β-unsaturated/α-hetero) is 1. The Morgan fingerprint density at radius 2 is 2.06 bits per heavy atom. The second-order valence-corrected chi connectivity index (χ2v) is 3.98. The van der Waals surface area contributed by atoms with Crippen molar-refractivity contribution in [2.45, 2.75) is 38.7 Å². The van der Waals surface area contributed by atoms with Crippen LogP contribution in [0.1, 0.15) is 20.8 Å². The van der Waals surface area contributed by atoms with Crippen LogP contribution in [0.2, 0.25) is 0 Å². The average molecular weight is 254 g/mol. The molecule has 0 aromatic carbocycles. The fourth-order valence-corrected chi connectivity index (χ4v) is 1.60. The van der Waals surface area contributed by atoms with Gasteiger partial charge in [0.25, 0.3) is 0 Å². The van der Waals surface area contributed by atoms with Gasteiger partial charge in [-0.15, -0.1) is 0 Å². The minimum Gasteiger partial charge on any atom is -0.464 e. The van der Waals surface area contributed by atoms with E-state index in [9.17, 15) is 22.8 Å². The molecule has 7 heteroatoms. The largest absolute Gasteiger partial charge is 0.464 e. The highest BCUT2D eigenvalue weighted by Gasteiger charge is 2.65. The van der Waals surface area contributed by atoms with E-state index in [-0.39, 0.29) is 6.61 Å². The summed E-state index contributed by atoms with van der Waals surface area (Å²) in [6.07, 6.45) is -6.50. The Labute approximate surface area is 96.1 Å². The van der Waals surface area contributed by atoms with E-state index in [0.29, 0.717) is 0 Å². The second-order valence-electron chi connectivity index (χ2n) is 3.98. The quantitative estimate of drug-likeness (QED) is 0.553. The molecule has 1 heterocycles. The Bertz CT molecular complexity index is 339. The predicted octanol–water partition coefficient (Wildman–Crippen LogP) is 1.47. The first-order chi connectivity index (χ1) is 7.65. The normalized spacial score (nSPS) is 33.9. The Morgan fingerprint density at radius 3 is 2.41 bits per heavy atom. The molecule has 0 amide bonds. The van der Waals surface area contributed by atoms with Crippen LogP contribution in [0, 0.1) is 5.92 Å². The van der Waals surface area contributed by atoms with Gasteiger partial charge >= 0.3 is 12.1 Å². The molecule has 0 aromatic rings. The minimum absolute atomic E-state index is 0.0247. The molecule has 1 rings (SSSR count). The zero-order valence-corrected chi connectivity index (χ0v) is 9.63. The van der Waals surface area contributed by atoms with Crippen LogP contribution in [0.3, 0.4) is 0 Å². The summed E-state index contributed by atoms with van der Waals surface area (Å²) in [7, 11) is 0. The number of esters is 1. The summed E-state index contributed by atoms with van der Waals surface area (Å²) in [6.45, 7) is 3.32. The van der Waals surface area contributed by atoms with Crippen molar-refractivity contribution in [3.05, 3.63) is 0 Å². The molecule has 0 saturated carbocycles. The van der Waals surface area contributed by atoms with E-state index >= 15 is 0 Å². The maximum absolute atomic E-state index is 12.8. The first-order valence-corrected chi connectivity index (χ1v) is 5.10. The van der Waals surface area contributed by atoms with E-state index in [4.69, 9.17) is 0 Å². The second kappa shape index (κ2) is 4.29. The number of halogens is 3. The fraction of sp³-hybridized carbons (Fsp3) is 0.800. The molecule has 0 N–H and O–H groups in total. The first-order valence-electron chi connectivity index (χ1n) is 5.10. The molecule has 4 nitrogen and oxygen atoms in total. The highest BCUT2D eigenvalue weighted by atomic mass is 19.4. The minimum atomic E-state index is -4.72. The molecule has 1 unspecified atom stereocenters. The van der Waals surface area contributed by atoms with Crippen molar-refractivity contribution in [2.75, 3.05) is 6.61 Å². The summed E-state index contributed by atoms with van der Waals surface area (Å²) < 4.78 is 47.4. The maximum Gasteiger partial charge on any atom is 0.417 e. The van der Waals surface area contributed by atoms with Crippen molar-refractivity contribution in [1.82, 2.24) is 0 Å². The molecule has 98 valence electrons. The summed E-state index contributed by atoms with van der Waals surface area (Å²) in [5.41, 5.74) is -2.64. The van der Waals surface area contributed by atoms with Gasteiger partial charge in [0.05, 0.1) is 12.5 Å². The van der Waals surface area contributed by atoms with Crippen molar-refractivity contribution in [3.8, 4) is 0 Å². The molecule has 1 aliphatic rings. The molecular formula is C10H13F3O4. The maximum atomic E-state index is 12.8. The highest BCUT2D eigenvalue weighted by molar-refractivity contribution is 6.05. The Morgan fingerprint density at radius 1 is 1.53 bits per heavy atom. The lowest BCUT2D eigenvalue weighted by Crippen LogP contribution is -2.47. The third-order valence-corrected chi connectivity index (χ3v) is 2.94. The molecule has 3 atom stereocenters. The molecule has 0 spiro atoms. The van der Waals surface area contributed by atoms with Gasteiger partial charge in [-0.3, -0.25) is 4.79 Å². The van der Waals surface area contributed by atoms with Gasteiger partial charge in [-0.25, -0.2) is 4.79 Å². The smallest absolute Gasteiger partial charge is 0.417 e. The van der Waals surface area contributed by atoms with Crippen LogP contribution in [0.4, 0.5) is 13.2 Å². The first kappa shape index (κ1) is 14.0. The van der Waals surface area contributed by atoms with E-state index in [1.54, 1.807) is 0 Å². The lowest BCUT2D eigenvalue weighted by Gasteiger charge is -2.29. The van der Waals surface area contributed by atoms with Gasteiger partial charge < -0.3 is 9.47 Å². The molecule has 0 bridgehead atoms. The van der Waals surface area contributed by atoms with Crippen LogP contribution in [-0.4, -0.2) is 36.2 Å². The van der Waals surface area contributed by atoms with Crippen molar-refractivity contribution in [3.63, 3.8) is 0 Å². The number of alkyl halides is 3. The van der Waals surface area contributed by atoms with Crippen molar-refractivity contribution in [1.29, 1.82) is 0 Å². The standard InChI is InChI=1S/C10H13F3O4/c1-4-16-8(15)7-6(14)5(2)9(3,17-7)10(11,12)13/h5,7H,4H2,1-3H3/t5-,7-,9?/m1/s1. The summed E-state index contributed by atoms with van der Waals surface area (Å²) in [5, 5.41) is 0. The van der Waals surface area contributed by atoms with E-state index < -0.39 is 35.6 Å². The zero-order valence-electron chi connectivity index (χ0n) is 9.63. The van der Waals surface area contributed by atoms with E-state index in [1.807, 2.05) is 0 Å². The van der Waals surface area contributed by atoms with Gasteiger partial charge in [-0.2, -0.15) is 13.2 Å². The van der Waals surface area contributed by atoms with Crippen molar-refractivity contribution >= 4 is 11.8 Å². The molecule has 17 heavy (non-hydrogen) atoms. The van der Waals surface area contributed by atoms with Crippen molar-refractivity contribution < 1.29 is 32.2 Å². The molecule has 0 radical (unpaired) electrons. The molecule has 0 aromatic heterocycles. The summed E-state index contributed by atoms with van der Waals surface area (Å²) >= 11 is 0. The topological polar surface area (TPSA) is 52.6 Å². The number of hydrogen-bond donors (Lipinski definition) is 0. The Balaban J connectivity index is 2.98. The van der Waals surface area contributed by atoms with Crippen LogP contribution < -0.4 is 0 Å². The molecule has 1 aliphatic heterocycles. The summed E-state index contributed by atoms with van der Waals surface area (Å²) in [4.78, 5) is 22.8.